The van der Waals surface area contributed by atoms with E-state index in [1.165, 1.54) is 6.07 Å². The largest absolute Gasteiger partial charge is 0.507 e. The standard InChI is InChI=1S/C16H16O4/c1-8-9(2)19-15-10-5-6-16(3,4)20-12(10)7-11(17)13(15)14(8)18/h5-7,17H,1-4H3. The average Bonchev–Trinajstić information content (AvgIpc) is 2.34. The van der Waals surface area contributed by atoms with Crippen molar-refractivity contribution >= 4 is 17.0 Å². The highest BCUT2D eigenvalue weighted by atomic mass is 16.5. The molecule has 0 amide bonds. The summed E-state index contributed by atoms with van der Waals surface area (Å²) in [7, 11) is 0. The highest BCUT2D eigenvalue weighted by molar-refractivity contribution is 5.93. The van der Waals surface area contributed by atoms with Gasteiger partial charge in [-0.1, -0.05) is 0 Å². The molecule has 4 heteroatoms. The summed E-state index contributed by atoms with van der Waals surface area (Å²) in [5.74, 6) is 0.962. The van der Waals surface area contributed by atoms with Crippen LogP contribution in [0.4, 0.5) is 0 Å². The van der Waals surface area contributed by atoms with Gasteiger partial charge in [-0.15, -0.1) is 0 Å². The Morgan fingerprint density at radius 3 is 2.65 bits per heavy atom. The first-order valence-corrected chi connectivity index (χ1v) is 6.48. The molecule has 1 aromatic carbocycles. The van der Waals surface area contributed by atoms with Crippen molar-refractivity contribution < 1.29 is 14.3 Å². The van der Waals surface area contributed by atoms with E-state index in [0.717, 1.165) is 0 Å². The summed E-state index contributed by atoms with van der Waals surface area (Å²) >= 11 is 0. The monoisotopic (exact) mass is 272 g/mol. The molecular weight excluding hydrogens is 256 g/mol. The normalized spacial score (nSPS) is 16.0. The van der Waals surface area contributed by atoms with Gasteiger partial charge in [-0.3, -0.25) is 4.79 Å². The number of rotatable bonds is 0. The molecule has 0 bridgehead atoms. The van der Waals surface area contributed by atoms with Crippen molar-refractivity contribution in [3.8, 4) is 11.5 Å². The Bertz CT molecular complexity index is 810. The molecule has 0 fully saturated rings. The summed E-state index contributed by atoms with van der Waals surface area (Å²) < 4.78 is 11.5. The first-order chi connectivity index (χ1) is 9.30. The second kappa shape index (κ2) is 3.88. The Balaban J connectivity index is 2.46. The molecule has 0 saturated heterocycles. The van der Waals surface area contributed by atoms with Gasteiger partial charge in [0, 0.05) is 11.6 Å². The van der Waals surface area contributed by atoms with Crippen LogP contribution in [0.1, 0.15) is 30.7 Å². The number of fused-ring (bicyclic) bond motifs is 3. The molecule has 2 heterocycles. The van der Waals surface area contributed by atoms with Crippen LogP contribution >= 0.6 is 0 Å². The molecule has 1 aromatic heterocycles. The number of benzene rings is 1. The average molecular weight is 272 g/mol. The highest BCUT2D eigenvalue weighted by Crippen LogP contribution is 2.39. The molecule has 1 aliphatic rings. The zero-order chi connectivity index (χ0) is 14.7. The Morgan fingerprint density at radius 2 is 1.95 bits per heavy atom. The molecule has 20 heavy (non-hydrogen) atoms. The predicted molar refractivity (Wildman–Crippen MR) is 77.4 cm³/mol. The van der Waals surface area contributed by atoms with Gasteiger partial charge in [-0.25, -0.2) is 0 Å². The molecule has 0 atom stereocenters. The van der Waals surface area contributed by atoms with E-state index in [1.807, 2.05) is 26.0 Å². The first-order valence-electron chi connectivity index (χ1n) is 6.48. The number of phenolic OH excluding ortho intramolecular Hbond substituents is 1. The molecular formula is C16H16O4. The van der Waals surface area contributed by atoms with Gasteiger partial charge in [0.25, 0.3) is 0 Å². The van der Waals surface area contributed by atoms with Crippen molar-refractivity contribution in [3.63, 3.8) is 0 Å². The summed E-state index contributed by atoms with van der Waals surface area (Å²) in [6.07, 6.45) is 3.78. The third kappa shape index (κ3) is 1.72. The van der Waals surface area contributed by atoms with Crippen LogP contribution in [-0.2, 0) is 0 Å². The molecule has 0 radical (unpaired) electrons. The number of aryl methyl sites for hydroxylation is 1. The van der Waals surface area contributed by atoms with E-state index < -0.39 is 5.60 Å². The van der Waals surface area contributed by atoms with Gasteiger partial charge in [-0.2, -0.15) is 0 Å². The Kier molecular flexibility index (Phi) is 2.48. The van der Waals surface area contributed by atoms with E-state index >= 15 is 0 Å². The summed E-state index contributed by atoms with van der Waals surface area (Å²) in [6, 6.07) is 1.48. The lowest BCUT2D eigenvalue weighted by molar-refractivity contribution is 0.158. The van der Waals surface area contributed by atoms with E-state index in [2.05, 4.69) is 0 Å². The van der Waals surface area contributed by atoms with E-state index in [0.29, 0.717) is 28.2 Å². The smallest absolute Gasteiger partial charge is 0.199 e. The third-order valence-electron chi connectivity index (χ3n) is 3.64. The van der Waals surface area contributed by atoms with Crippen molar-refractivity contribution in [2.75, 3.05) is 0 Å². The number of aromatic hydroxyl groups is 1. The van der Waals surface area contributed by atoms with Crippen molar-refractivity contribution in [2.24, 2.45) is 0 Å². The molecule has 3 rings (SSSR count). The van der Waals surface area contributed by atoms with Gasteiger partial charge in [0.15, 0.2) is 11.0 Å². The predicted octanol–water partition coefficient (Wildman–Crippen LogP) is 3.30. The lowest BCUT2D eigenvalue weighted by Gasteiger charge is -2.28. The quantitative estimate of drug-likeness (QED) is 0.799. The maximum atomic E-state index is 12.3. The minimum Gasteiger partial charge on any atom is -0.507 e. The maximum Gasteiger partial charge on any atom is 0.199 e. The van der Waals surface area contributed by atoms with E-state index in [4.69, 9.17) is 9.15 Å². The van der Waals surface area contributed by atoms with E-state index in [-0.39, 0.29) is 16.6 Å². The summed E-state index contributed by atoms with van der Waals surface area (Å²) in [6.45, 7) is 7.27. The zero-order valence-electron chi connectivity index (χ0n) is 11.9. The topological polar surface area (TPSA) is 59.7 Å². The van der Waals surface area contributed by atoms with Crippen molar-refractivity contribution in [3.05, 3.63) is 39.3 Å². The fraction of sp³-hybridized carbons (Fsp3) is 0.312. The number of hydrogen-bond acceptors (Lipinski definition) is 4. The van der Waals surface area contributed by atoms with Crippen LogP contribution in [-0.4, -0.2) is 10.7 Å². The van der Waals surface area contributed by atoms with E-state index in [9.17, 15) is 9.90 Å². The van der Waals surface area contributed by atoms with E-state index in [1.54, 1.807) is 13.8 Å². The molecule has 0 aliphatic carbocycles. The number of hydrogen-bond donors (Lipinski definition) is 1. The fourth-order valence-corrected chi connectivity index (χ4v) is 2.38. The van der Waals surface area contributed by atoms with Gasteiger partial charge >= 0.3 is 0 Å². The maximum absolute atomic E-state index is 12.3. The summed E-state index contributed by atoms with van der Waals surface area (Å²) in [4.78, 5) is 12.3. The second-order valence-electron chi connectivity index (χ2n) is 5.66. The van der Waals surface area contributed by atoms with Crippen LogP contribution in [0.15, 0.2) is 21.4 Å². The molecule has 0 saturated carbocycles. The summed E-state index contributed by atoms with van der Waals surface area (Å²) in [5, 5.41) is 10.3. The molecule has 104 valence electrons. The molecule has 0 unspecified atom stereocenters. The molecule has 4 nitrogen and oxygen atoms in total. The Hall–Kier alpha value is -2.23. The first kappa shape index (κ1) is 12.8. The zero-order valence-corrected chi connectivity index (χ0v) is 11.9. The Morgan fingerprint density at radius 1 is 1.25 bits per heavy atom. The number of phenols is 1. The van der Waals surface area contributed by atoms with Crippen LogP contribution in [0, 0.1) is 13.8 Å². The minimum atomic E-state index is -0.451. The minimum absolute atomic E-state index is 0.110. The Labute approximate surface area is 116 Å². The van der Waals surface area contributed by atoms with Crippen LogP contribution in [0.2, 0.25) is 0 Å². The SMILES string of the molecule is Cc1oc2c3c(cc(O)c2c(=O)c1C)OC(C)(C)C=C3. The van der Waals surface area contributed by atoms with Gasteiger partial charge in [0.05, 0.1) is 5.56 Å². The van der Waals surface area contributed by atoms with Crippen LogP contribution < -0.4 is 10.2 Å². The molecule has 1 N–H and O–H groups in total. The number of ether oxygens (including phenoxy) is 1. The lowest BCUT2D eigenvalue weighted by atomic mass is 9.99. The van der Waals surface area contributed by atoms with Crippen LogP contribution in [0.3, 0.4) is 0 Å². The molecule has 1 aliphatic heterocycles. The molecule has 2 aromatic rings. The molecule has 0 spiro atoms. The van der Waals surface area contributed by atoms with Crippen LogP contribution in [0.5, 0.6) is 11.5 Å². The fourth-order valence-electron chi connectivity index (χ4n) is 2.38. The highest BCUT2D eigenvalue weighted by Gasteiger charge is 2.26. The lowest BCUT2D eigenvalue weighted by Crippen LogP contribution is -2.27. The third-order valence-corrected chi connectivity index (χ3v) is 3.64. The van der Waals surface area contributed by atoms with Crippen molar-refractivity contribution in [2.45, 2.75) is 33.3 Å². The van der Waals surface area contributed by atoms with Gasteiger partial charge < -0.3 is 14.3 Å². The van der Waals surface area contributed by atoms with Crippen molar-refractivity contribution in [1.29, 1.82) is 0 Å². The van der Waals surface area contributed by atoms with Gasteiger partial charge in [0.1, 0.15) is 28.2 Å². The summed E-state index contributed by atoms with van der Waals surface area (Å²) in [5.41, 5.74) is 0.918. The second-order valence-corrected chi connectivity index (χ2v) is 5.66. The van der Waals surface area contributed by atoms with Gasteiger partial charge in [-0.05, 0) is 39.8 Å². The van der Waals surface area contributed by atoms with Gasteiger partial charge in [0.2, 0.25) is 0 Å². The van der Waals surface area contributed by atoms with Crippen LogP contribution in [0.25, 0.3) is 17.0 Å². The van der Waals surface area contributed by atoms with Crippen molar-refractivity contribution in [1.82, 2.24) is 0 Å².